The number of nitrogens with zero attached hydrogens (tertiary/aromatic N) is 4. The molecule has 3 aromatic heterocycles. The van der Waals surface area contributed by atoms with Crippen LogP contribution in [0.15, 0.2) is 34.7 Å². The number of carbonyl (C=O) groups excluding carboxylic acids is 1. The summed E-state index contributed by atoms with van der Waals surface area (Å²) < 4.78 is 12.2. The molecule has 4 rings (SSSR count). The molecule has 10 nitrogen and oxygen atoms in total. The van der Waals surface area contributed by atoms with Gasteiger partial charge in [0.05, 0.1) is 24.1 Å². The third kappa shape index (κ3) is 4.04. The van der Waals surface area contributed by atoms with E-state index in [0.717, 1.165) is 0 Å². The zero-order valence-electron chi connectivity index (χ0n) is 17.1. The second-order valence-corrected chi connectivity index (χ2v) is 7.90. The number of ether oxygens (including phenoxy) is 2. The van der Waals surface area contributed by atoms with Crippen molar-refractivity contribution in [3.8, 4) is 5.13 Å². The fourth-order valence-electron chi connectivity index (χ4n) is 3.69. The molecule has 0 aliphatic carbocycles. The Labute approximate surface area is 182 Å². The van der Waals surface area contributed by atoms with Crippen LogP contribution in [0.1, 0.15) is 10.4 Å². The van der Waals surface area contributed by atoms with Gasteiger partial charge >= 0.3 is 5.97 Å². The number of aliphatic hydroxyl groups is 1. The molecule has 0 bridgehead atoms. The molecule has 1 fully saturated rings. The number of carbonyl (C=O) groups is 1. The second kappa shape index (κ2) is 9.10. The number of anilines is 1. The predicted molar refractivity (Wildman–Crippen MR) is 116 cm³/mol. The van der Waals surface area contributed by atoms with E-state index in [0.29, 0.717) is 29.7 Å². The summed E-state index contributed by atoms with van der Waals surface area (Å²) in [4.78, 5) is 36.6. The standard InChI is InChI=1S/C20H23N5O5S/c1-21-14-10-24(11-15(14)29-2)16-4-3-12-17(27)13(19(28)30-7-6-26)9-25(18(12)23-16)20-22-5-8-31-20/h3-5,8-9,14-15,21,26H,6-7,10-11H2,1-2H3/t14-,15-/m1/s1. The summed E-state index contributed by atoms with van der Waals surface area (Å²) in [6, 6.07) is 3.60. The van der Waals surface area contributed by atoms with E-state index in [1.807, 2.05) is 7.05 Å². The molecule has 2 atom stereocenters. The van der Waals surface area contributed by atoms with Gasteiger partial charge in [0.2, 0.25) is 5.43 Å². The maximum absolute atomic E-state index is 13.0. The normalized spacial score (nSPS) is 18.6. The molecule has 0 aromatic carbocycles. The second-order valence-electron chi connectivity index (χ2n) is 7.03. The third-order valence-corrected chi connectivity index (χ3v) is 6.04. The van der Waals surface area contributed by atoms with Crippen molar-refractivity contribution in [1.82, 2.24) is 19.9 Å². The van der Waals surface area contributed by atoms with Gasteiger partial charge in [0, 0.05) is 38.0 Å². The first kappa shape index (κ1) is 21.4. The average molecular weight is 446 g/mol. The van der Waals surface area contributed by atoms with E-state index < -0.39 is 11.4 Å². The number of thiazole rings is 1. The van der Waals surface area contributed by atoms with E-state index in [4.69, 9.17) is 19.6 Å². The van der Waals surface area contributed by atoms with Gasteiger partial charge < -0.3 is 24.8 Å². The number of pyridine rings is 2. The highest BCUT2D eigenvalue weighted by Crippen LogP contribution is 2.24. The number of fused-ring (bicyclic) bond motifs is 1. The lowest BCUT2D eigenvalue weighted by atomic mass is 10.2. The van der Waals surface area contributed by atoms with E-state index in [-0.39, 0.29) is 36.3 Å². The molecule has 31 heavy (non-hydrogen) atoms. The average Bonchev–Trinajstić information content (AvgIpc) is 3.47. The Morgan fingerprint density at radius 3 is 2.87 bits per heavy atom. The predicted octanol–water partition coefficient (Wildman–Crippen LogP) is 0.414. The number of likely N-dealkylation sites (N-methyl/N-ethyl adjacent to an activating group) is 1. The Balaban J connectivity index is 1.82. The lowest BCUT2D eigenvalue weighted by molar-refractivity contribution is 0.0432. The molecule has 1 aliphatic heterocycles. The summed E-state index contributed by atoms with van der Waals surface area (Å²) in [5, 5.41) is 14.8. The first-order chi connectivity index (χ1) is 15.1. The van der Waals surface area contributed by atoms with E-state index in [1.165, 1.54) is 17.5 Å². The quantitative estimate of drug-likeness (QED) is 0.499. The number of nitrogens with one attached hydrogen (secondary N) is 1. The number of hydrogen-bond donors (Lipinski definition) is 2. The van der Waals surface area contributed by atoms with Crippen molar-refractivity contribution in [1.29, 1.82) is 0 Å². The molecule has 3 aromatic rings. The highest BCUT2D eigenvalue weighted by molar-refractivity contribution is 7.12. The topological polar surface area (TPSA) is 119 Å². The van der Waals surface area contributed by atoms with Crippen LogP contribution in [0.2, 0.25) is 0 Å². The Kier molecular flexibility index (Phi) is 6.28. The Hall–Kier alpha value is -2.86. The molecule has 4 heterocycles. The largest absolute Gasteiger partial charge is 0.460 e. The fraction of sp³-hybridized carbons (Fsp3) is 0.400. The zero-order chi connectivity index (χ0) is 22.0. The van der Waals surface area contributed by atoms with Crippen LogP contribution >= 0.6 is 11.3 Å². The van der Waals surface area contributed by atoms with Crippen molar-refractivity contribution in [2.24, 2.45) is 0 Å². The van der Waals surface area contributed by atoms with Crippen molar-refractivity contribution in [2.75, 3.05) is 45.4 Å². The minimum absolute atomic E-state index is 0.0207. The number of hydrogen-bond acceptors (Lipinski definition) is 10. The monoisotopic (exact) mass is 445 g/mol. The zero-order valence-corrected chi connectivity index (χ0v) is 18.0. The Morgan fingerprint density at radius 1 is 1.39 bits per heavy atom. The first-order valence-corrected chi connectivity index (χ1v) is 10.6. The molecule has 1 aliphatic rings. The van der Waals surface area contributed by atoms with Crippen LogP contribution in [0.4, 0.5) is 5.82 Å². The number of methoxy groups -OCH3 is 1. The minimum Gasteiger partial charge on any atom is -0.460 e. The van der Waals surface area contributed by atoms with Crippen molar-refractivity contribution < 1.29 is 19.4 Å². The van der Waals surface area contributed by atoms with Gasteiger partial charge in [-0.2, -0.15) is 0 Å². The molecule has 164 valence electrons. The van der Waals surface area contributed by atoms with E-state index in [2.05, 4.69) is 15.2 Å². The van der Waals surface area contributed by atoms with Gasteiger partial charge in [-0.25, -0.2) is 14.8 Å². The highest BCUT2D eigenvalue weighted by Gasteiger charge is 2.32. The summed E-state index contributed by atoms with van der Waals surface area (Å²) in [6.07, 6.45) is 3.06. The molecule has 2 N–H and O–H groups in total. The van der Waals surface area contributed by atoms with Crippen LogP contribution in [-0.2, 0) is 9.47 Å². The van der Waals surface area contributed by atoms with E-state index in [1.54, 1.807) is 35.4 Å². The molecule has 0 amide bonds. The van der Waals surface area contributed by atoms with E-state index in [9.17, 15) is 9.59 Å². The number of aromatic nitrogens is 3. The molecule has 0 unspecified atom stereocenters. The maximum Gasteiger partial charge on any atom is 0.343 e. The first-order valence-electron chi connectivity index (χ1n) is 9.76. The lowest BCUT2D eigenvalue weighted by Crippen LogP contribution is -2.37. The molecule has 0 radical (unpaired) electrons. The van der Waals surface area contributed by atoms with Crippen LogP contribution in [0.5, 0.6) is 0 Å². The van der Waals surface area contributed by atoms with Crippen LogP contribution < -0.4 is 15.6 Å². The SMILES string of the molecule is CN[C@@H]1CN(c2ccc3c(=O)c(C(=O)OCCO)cn(-c4nccs4)c3n2)C[C@H]1OC. The van der Waals surface area contributed by atoms with Crippen LogP contribution in [-0.4, -0.2) is 78.2 Å². The van der Waals surface area contributed by atoms with Gasteiger partial charge in [-0.3, -0.25) is 9.36 Å². The van der Waals surface area contributed by atoms with Crippen molar-refractivity contribution in [2.45, 2.75) is 12.1 Å². The summed E-state index contributed by atoms with van der Waals surface area (Å²) >= 11 is 1.36. The maximum atomic E-state index is 13.0. The highest BCUT2D eigenvalue weighted by atomic mass is 32.1. The molecule has 0 saturated carbocycles. The van der Waals surface area contributed by atoms with Gasteiger partial charge in [-0.1, -0.05) is 0 Å². The molecule has 1 saturated heterocycles. The summed E-state index contributed by atoms with van der Waals surface area (Å²) in [7, 11) is 3.58. The summed E-state index contributed by atoms with van der Waals surface area (Å²) in [5.41, 5.74) is -0.214. The summed E-state index contributed by atoms with van der Waals surface area (Å²) in [6.45, 7) is 0.859. The van der Waals surface area contributed by atoms with E-state index >= 15 is 0 Å². The van der Waals surface area contributed by atoms with Crippen molar-refractivity contribution in [3.63, 3.8) is 0 Å². The van der Waals surface area contributed by atoms with Crippen LogP contribution in [0, 0.1) is 0 Å². The van der Waals surface area contributed by atoms with Crippen molar-refractivity contribution in [3.05, 3.63) is 45.7 Å². The lowest BCUT2D eigenvalue weighted by Gasteiger charge is -2.18. The van der Waals surface area contributed by atoms with Gasteiger partial charge in [0.1, 0.15) is 18.0 Å². The van der Waals surface area contributed by atoms with Gasteiger partial charge in [-0.15, -0.1) is 11.3 Å². The van der Waals surface area contributed by atoms with Crippen molar-refractivity contribution >= 4 is 34.2 Å². The molecule has 11 heteroatoms. The van der Waals surface area contributed by atoms with Gasteiger partial charge in [0.25, 0.3) is 0 Å². The number of aliphatic hydroxyl groups excluding tert-OH is 1. The minimum atomic E-state index is -0.797. The summed E-state index contributed by atoms with van der Waals surface area (Å²) in [5.74, 6) is -0.0951. The Bertz CT molecular complexity index is 1120. The molecular weight excluding hydrogens is 422 g/mol. The molecular formula is C20H23N5O5S. The van der Waals surface area contributed by atoms with Crippen LogP contribution in [0.3, 0.4) is 0 Å². The fourth-order valence-corrected chi connectivity index (χ4v) is 4.31. The number of rotatable bonds is 7. The molecule has 0 spiro atoms. The van der Waals surface area contributed by atoms with Crippen LogP contribution in [0.25, 0.3) is 16.2 Å². The van der Waals surface area contributed by atoms with Gasteiger partial charge in [-0.05, 0) is 19.2 Å². The third-order valence-electron chi connectivity index (χ3n) is 5.27. The number of esters is 1. The van der Waals surface area contributed by atoms with Gasteiger partial charge in [0.15, 0.2) is 10.8 Å². The smallest absolute Gasteiger partial charge is 0.343 e. The Morgan fingerprint density at radius 2 is 2.23 bits per heavy atom.